The van der Waals surface area contributed by atoms with Crippen LogP contribution in [0.5, 0.6) is 11.5 Å². The van der Waals surface area contributed by atoms with Gasteiger partial charge in [-0.15, -0.1) is 13.2 Å². The summed E-state index contributed by atoms with van der Waals surface area (Å²) in [7, 11) is 0. The molecule has 3 amide bonds. The van der Waals surface area contributed by atoms with Gasteiger partial charge in [-0.2, -0.15) is 13.2 Å². The van der Waals surface area contributed by atoms with E-state index >= 15 is 0 Å². The molecule has 3 aromatic rings. The maximum atomic E-state index is 13.6. The molecular formula is C23H15ClF6N2O4. The molecule has 0 saturated carbocycles. The molecule has 0 radical (unpaired) electrons. The molecule has 0 atom stereocenters. The second-order valence-corrected chi connectivity index (χ2v) is 7.48. The first-order chi connectivity index (χ1) is 16.8. The van der Waals surface area contributed by atoms with Crippen molar-refractivity contribution in [3.8, 4) is 11.5 Å². The second-order valence-electron chi connectivity index (χ2n) is 7.08. The first-order valence-corrected chi connectivity index (χ1v) is 10.3. The van der Waals surface area contributed by atoms with E-state index in [-0.39, 0.29) is 21.8 Å². The van der Waals surface area contributed by atoms with Crippen molar-refractivity contribution in [3.05, 3.63) is 88.4 Å². The van der Waals surface area contributed by atoms with Crippen molar-refractivity contribution < 1.29 is 45.4 Å². The molecule has 0 aliphatic carbocycles. The quantitative estimate of drug-likeness (QED) is 0.342. The minimum Gasteiger partial charge on any atom is -0.488 e. The van der Waals surface area contributed by atoms with Crippen LogP contribution in [-0.2, 0) is 12.8 Å². The third-order valence-electron chi connectivity index (χ3n) is 4.44. The maximum Gasteiger partial charge on any atom is 0.573 e. The van der Waals surface area contributed by atoms with Crippen LogP contribution in [0.1, 0.15) is 21.5 Å². The van der Waals surface area contributed by atoms with E-state index in [9.17, 15) is 35.9 Å². The van der Waals surface area contributed by atoms with Crippen molar-refractivity contribution >= 4 is 29.2 Å². The molecule has 0 saturated heterocycles. The molecule has 0 unspecified atom stereocenters. The fraction of sp³-hybridized carbons (Fsp3) is 0.130. The minimum atomic E-state index is -4.88. The molecule has 0 spiro atoms. The van der Waals surface area contributed by atoms with Crippen LogP contribution in [-0.4, -0.2) is 18.3 Å². The Hall–Kier alpha value is -3.93. The average molecular weight is 533 g/mol. The highest BCUT2D eigenvalue weighted by Gasteiger charge is 2.35. The van der Waals surface area contributed by atoms with Gasteiger partial charge >= 0.3 is 18.6 Å². The van der Waals surface area contributed by atoms with Gasteiger partial charge in [0.1, 0.15) is 18.1 Å². The van der Waals surface area contributed by atoms with Gasteiger partial charge in [0.25, 0.3) is 5.91 Å². The molecule has 13 heteroatoms. The smallest absolute Gasteiger partial charge is 0.488 e. The molecule has 0 aromatic heterocycles. The molecule has 0 bridgehead atoms. The molecular weight excluding hydrogens is 518 g/mol. The molecule has 0 heterocycles. The lowest BCUT2D eigenvalue weighted by Gasteiger charge is -2.16. The monoisotopic (exact) mass is 532 g/mol. The van der Waals surface area contributed by atoms with Gasteiger partial charge in [-0.3, -0.25) is 10.1 Å². The zero-order chi connectivity index (χ0) is 26.5. The van der Waals surface area contributed by atoms with Crippen LogP contribution in [0.25, 0.3) is 0 Å². The third kappa shape index (κ3) is 7.54. The summed E-state index contributed by atoms with van der Waals surface area (Å²) in [6, 6.07) is 11.8. The largest absolute Gasteiger partial charge is 0.573 e. The van der Waals surface area contributed by atoms with Crippen molar-refractivity contribution in [2.45, 2.75) is 19.1 Å². The minimum absolute atomic E-state index is 0.00736. The predicted molar refractivity (Wildman–Crippen MR) is 117 cm³/mol. The highest BCUT2D eigenvalue weighted by atomic mass is 35.5. The molecule has 0 aliphatic heterocycles. The van der Waals surface area contributed by atoms with Crippen LogP contribution in [0, 0.1) is 0 Å². The number of rotatable bonds is 6. The van der Waals surface area contributed by atoms with Crippen molar-refractivity contribution in [2.24, 2.45) is 0 Å². The van der Waals surface area contributed by atoms with Gasteiger partial charge in [0.15, 0.2) is 0 Å². The number of hydrogen-bond donors (Lipinski definition) is 2. The zero-order valence-corrected chi connectivity index (χ0v) is 18.6. The lowest BCUT2D eigenvalue weighted by molar-refractivity contribution is -0.274. The molecule has 0 aliphatic rings. The van der Waals surface area contributed by atoms with Gasteiger partial charge in [-0.1, -0.05) is 35.9 Å². The second kappa shape index (κ2) is 10.8. The Morgan fingerprint density at radius 2 is 1.56 bits per heavy atom. The summed E-state index contributed by atoms with van der Waals surface area (Å²) in [6.45, 7) is -0.394. The van der Waals surface area contributed by atoms with E-state index in [4.69, 9.17) is 16.3 Å². The topological polar surface area (TPSA) is 76.7 Å². The van der Waals surface area contributed by atoms with Crippen LogP contribution < -0.4 is 20.1 Å². The van der Waals surface area contributed by atoms with Gasteiger partial charge in [0, 0.05) is 5.69 Å². The lowest BCUT2D eigenvalue weighted by Crippen LogP contribution is -2.34. The highest BCUT2D eigenvalue weighted by Crippen LogP contribution is 2.38. The van der Waals surface area contributed by atoms with Gasteiger partial charge in [0.2, 0.25) is 0 Å². The van der Waals surface area contributed by atoms with E-state index in [1.54, 1.807) is 6.07 Å². The summed E-state index contributed by atoms with van der Waals surface area (Å²) >= 11 is 5.88. The van der Waals surface area contributed by atoms with Gasteiger partial charge in [-0.25, -0.2) is 4.79 Å². The first kappa shape index (κ1) is 26.7. The van der Waals surface area contributed by atoms with Crippen molar-refractivity contribution in [1.82, 2.24) is 5.32 Å². The maximum absolute atomic E-state index is 13.6. The number of anilines is 1. The van der Waals surface area contributed by atoms with Gasteiger partial charge < -0.3 is 14.8 Å². The SMILES string of the molecule is O=C(NC(=O)c1ccccc1Cl)Nc1ccc(OCc2ccc(OC(F)(F)F)cc2)c(C(F)(F)F)c1. The summed E-state index contributed by atoms with van der Waals surface area (Å²) in [4.78, 5) is 24.2. The highest BCUT2D eigenvalue weighted by molar-refractivity contribution is 6.34. The van der Waals surface area contributed by atoms with Gasteiger partial charge in [0.05, 0.1) is 16.1 Å². The number of carbonyl (C=O) groups excluding carboxylic acids is 2. The predicted octanol–water partition coefficient (Wildman–Crippen LogP) is 6.80. The number of urea groups is 1. The number of imide groups is 1. The Morgan fingerprint density at radius 3 is 2.17 bits per heavy atom. The Morgan fingerprint density at radius 1 is 0.889 bits per heavy atom. The Kier molecular flexibility index (Phi) is 7.98. The summed E-state index contributed by atoms with van der Waals surface area (Å²) < 4.78 is 86.4. The molecule has 36 heavy (non-hydrogen) atoms. The van der Waals surface area contributed by atoms with E-state index in [2.05, 4.69) is 10.1 Å². The Labute approximate surface area is 204 Å². The van der Waals surface area contributed by atoms with Crippen LogP contribution in [0.3, 0.4) is 0 Å². The summed E-state index contributed by atoms with van der Waals surface area (Å²) in [5, 5.41) is 4.16. The Bertz CT molecular complexity index is 1250. The third-order valence-corrected chi connectivity index (χ3v) is 4.77. The number of amides is 3. The molecule has 2 N–H and O–H groups in total. The summed E-state index contributed by atoms with van der Waals surface area (Å²) in [6.07, 6.45) is -9.75. The van der Waals surface area contributed by atoms with Crippen molar-refractivity contribution in [1.29, 1.82) is 0 Å². The van der Waals surface area contributed by atoms with Crippen molar-refractivity contribution in [3.63, 3.8) is 0 Å². The van der Waals surface area contributed by atoms with E-state index in [1.807, 2.05) is 5.32 Å². The Balaban J connectivity index is 1.68. The fourth-order valence-electron chi connectivity index (χ4n) is 2.88. The summed E-state index contributed by atoms with van der Waals surface area (Å²) in [5.41, 5.74) is -1.24. The van der Waals surface area contributed by atoms with Crippen LogP contribution in [0.4, 0.5) is 36.8 Å². The fourth-order valence-corrected chi connectivity index (χ4v) is 3.10. The molecule has 3 aromatic carbocycles. The van der Waals surface area contributed by atoms with Crippen molar-refractivity contribution in [2.75, 3.05) is 5.32 Å². The van der Waals surface area contributed by atoms with E-state index < -0.39 is 48.1 Å². The molecule has 190 valence electrons. The normalized spacial score (nSPS) is 11.5. The summed E-state index contributed by atoms with van der Waals surface area (Å²) in [5.74, 6) is -1.94. The first-order valence-electron chi connectivity index (χ1n) is 9.87. The molecule has 3 rings (SSSR count). The standard InChI is InChI=1S/C23H15ClF6N2O4/c24-18-4-2-1-3-16(18)20(33)32-21(34)31-14-7-10-19(17(11-14)22(25,26)27)35-12-13-5-8-15(9-6-13)36-23(28,29)30/h1-11H,12H2,(H2,31,32,33,34). The van der Waals surface area contributed by atoms with Crippen LogP contribution >= 0.6 is 11.6 Å². The number of alkyl halides is 6. The average Bonchev–Trinajstić information content (AvgIpc) is 2.77. The number of hydrogen-bond acceptors (Lipinski definition) is 4. The zero-order valence-electron chi connectivity index (χ0n) is 17.8. The lowest BCUT2D eigenvalue weighted by atomic mass is 10.1. The number of benzene rings is 3. The molecule has 6 nitrogen and oxygen atoms in total. The van der Waals surface area contributed by atoms with Crippen LogP contribution in [0.15, 0.2) is 66.7 Å². The van der Waals surface area contributed by atoms with E-state index in [0.29, 0.717) is 6.07 Å². The number of ether oxygens (including phenoxy) is 2. The van der Waals surface area contributed by atoms with Crippen LogP contribution in [0.2, 0.25) is 5.02 Å². The number of nitrogens with one attached hydrogen (secondary N) is 2. The van der Waals surface area contributed by atoms with E-state index in [1.165, 1.54) is 30.3 Å². The number of halogens is 7. The number of carbonyl (C=O) groups is 2. The van der Waals surface area contributed by atoms with Gasteiger partial charge in [-0.05, 0) is 48.0 Å². The molecule has 0 fully saturated rings. The van der Waals surface area contributed by atoms with E-state index in [0.717, 1.165) is 24.3 Å².